The van der Waals surface area contributed by atoms with E-state index in [1.165, 1.54) is 0 Å². The van der Waals surface area contributed by atoms with Gasteiger partial charge < -0.3 is 9.47 Å². The number of carbonyl (C=O) groups is 1. The van der Waals surface area contributed by atoms with Gasteiger partial charge in [-0.15, -0.1) is 0 Å². The molecule has 1 N–H and O–H groups in total. The molecule has 30 heavy (non-hydrogen) atoms. The Morgan fingerprint density at radius 2 is 1.87 bits per heavy atom. The summed E-state index contributed by atoms with van der Waals surface area (Å²) in [6.07, 6.45) is 0.729. The first-order chi connectivity index (χ1) is 14.5. The Hall–Kier alpha value is -2.70. The van der Waals surface area contributed by atoms with Crippen molar-refractivity contribution in [3.05, 3.63) is 69.0 Å². The van der Waals surface area contributed by atoms with Crippen LogP contribution in [0.25, 0.3) is 0 Å². The molecule has 2 aliphatic rings. The van der Waals surface area contributed by atoms with Crippen molar-refractivity contribution in [3.63, 3.8) is 0 Å². The Balaban J connectivity index is 1.72. The zero-order valence-electron chi connectivity index (χ0n) is 16.4. The number of nitrogens with zero attached hydrogens (tertiary/aromatic N) is 2. The van der Waals surface area contributed by atoms with E-state index >= 15 is 0 Å². The third-order valence-electron chi connectivity index (χ3n) is 5.36. The lowest BCUT2D eigenvalue weighted by molar-refractivity contribution is 0.0989. The van der Waals surface area contributed by atoms with E-state index in [2.05, 4.69) is 24.0 Å². The average molecular weight is 444 g/mol. The highest BCUT2D eigenvalue weighted by Gasteiger charge is 2.44. The molecule has 2 aliphatic heterocycles. The van der Waals surface area contributed by atoms with Gasteiger partial charge in [0.15, 0.2) is 11.5 Å². The maximum absolute atomic E-state index is 13.5. The lowest BCUT2D eigenvalue weighted by Crippen LogP contribution is -2.30. The predicted octanol–water partition coefficient (Wildman–Crippen LogP) is 5.39. The van der Waals surface area contributed by atoms with Gasteiger partial charge in [0, 0.05) is 32.9 Å². The Morgan fingerprint density at radius 3 is 2.60 bits per heavy atom. The Bertz CT molecular complexity index is 1140. The van der Waals surface area contributed by atoms with E-state index in [1.807, 2.05) is 6.07 Å². The first kappa shape index (κ1) is 19.3. The molecule has 0 fully saturated rings. The monoisotopic (exact) mass is 443 g/mol. The number of hydrogen-bond acceptors (Lipinski definition) is 4. The lowest BCUT2D eigenvalue weighted by atomic mass is 9.95. The van der Waals surface area contributed by atoms with Gasteiger partial charge in [-0.25, -0.2) is 0 Å². The maximum Gasteiger partial charge on any atom is 0.277 e. The third-order valence-corrected chi connectivity index (χ3v) is 6.02. The molecule has 1 aromatic heterocycles. The van der Waals surface area contributed by atoms with Crippen LogP contribution in [0.3, 0.4) is 0 Å². The molecule has 0 aliphatic carbocycles. The number of rotatable bonds is 4. The molecule has 0 saturated heterocycles. The van der Waals surface area contributed by atoms with Gasteiger partial charge in [0.2, 0.25) is 6.79 Å². The van der Waals surface area contributed by atoms with E-state index in [1.54, 1.807) is 35.2 Å². The second-order valence-corrected chi connectivity index (χ2v) is 8.62. The van der Waals surface area contributed by atoms with E-state index < -0.39 is 6.04 Å². The maximum atomic E-state index is 13.5. The third kappa shape index (κ3) is 2.94. The van der Waals surface area contributed by atoms with Crippen LogP contribution in [0.5, 0.6) is 11.5 Å². The fraction of sp³-hybridized carbons (Fsp3) is 0.273. The number of halogens is 2. The standard InChI is InChI=1S/C22H19Cl2N3O3/c1-11(2)8-15-19-20(26-25-15)22(28)27(12-6-7-16-17(9-12)30-10-29-16)21(19)18-13(23)4-3-5-14(18)24/h3-7,9,11,21H,8,10H2,1-2H3,(H,25,26). The quantitative estimate of drug-likeness (QED) is 0.586. The number of fused-ring (bicyclic) bond motifs is 2. The molecule has 3 heterocycles. The number of hydrogen-bond donors (Lipinski definition) is 1. The normalized spacial score (nSPS) is 17.2. The molecule has 8 heteroatoms. The van der Waals surface area contributed by atoms with E-state index in [0.29, 0.717) is 44.4 Å². The number of carbonyl (C=O) groups excluding carboxylic acids is 1. The number of nitrogens with one attached hydrogen (secondary N) is 1. The van der Waals surface area contributed by atoms with Crippen molar-refractivity contribution in [1.29, 1.82) is 0 Å². The summed E-state index contributed by atoms with van der Waals surface area (Å²) in [4.78, 5) is 15.2. The number of H-pyrrole nitrogens is 1. The van der Waals surface area contributed by atoms with Crippen molar-refractivity contribution < 1.29 is 14.3 Å². The van der Waals surface area contributed by atoms with Crippen LogP contribution in [-0.2, 0) is 6.42 Å². The van der Waals surface area contributed by atoms with Crippen LogP contribution < -0.4 is 14.4 Å². The summed E-state index contributed by atoms with van der Waals surface area (Å²) in [5, 5.41) is 8.39. The topological polar surface area (TPSA) is 67.5 Å². The number of amides is 1. The highest BCUT2D eigenvalue weighted by atomic mass is 35.5. The fourth-order valence-electron chi connectivity index (χ4n) is 4.10. The summed E-state index contributed by atoms with van der Waals surface area (Å²) in [5.41, 5.74) is 3.48. The number of benzene rings is 2. The molecule has 3 aromatic rings. The van der Waals surface area contributed by atoms with Crippen molar-refractivity contribution in [2.24, 2.45) is 5.92 Å². The average Bonchev–Trinajstić information content (AvgIpc) is 3.38. The second-order valence-electron chi connectivity index (χ2n) is 7.81. The minimum Gasteiger partial charge on any atom is -0.454 e. The molecule has 1 atom stereocenters. The molecule has 0 saturated carbocycles. The second kappa shape index (κ2) is 7.22. The van der Waals surface area contributed by atoms with Crippen molar-refractivity contribution in [2.45, 2.75) is 26.3 Å². The molecule has 0 bridgehead atoms. The summed E-state index contributed by atoms with van der Waals surface area (Å²) in [6.45, 7) is 4.39. The van der Waals surface area contributed by atoms with Gasteiger partial charge in [-0.3, -0.25) is 14.8 Å². The van der Waals surface area contributed by atoms with E-state index in [4.69, 9.17) is 32.7 Å². The van der Waals surface area contributed by atoms with Crippen molar-refractivity contribution in [3.8, 4) is 11.5 Å². The number of aromatic nitrogens is 2. The van der Waals surface area contributed by atoms with Crippen molar-refractivity contribution in [2.75, 3.05) is 11.7 Å². The van der Waals surface area contributed by atoms with Crippen LogP contribution in [0.4, 0.5) is 5.69 Å². The summed E-state index contributed by atoms with van der Waals surface area (Å²) in [5.74, 6) is 1.43. The lowest BCUT2D eigenvalue weighted by Gasteiger charge is -2.28. The van der Waals surface area contributed by atoms with E-state index in [0.717, 1.165) is 17.7 Å². The number of anilines is 1. The zero-order valence-corrected chi connectivity index (χ0v) is 17.9. The Morgan fingerprint density at radius 1 is 1.13 bits per heavy atom. The van der Waals surface area contributed by atoms with Crippen LogP contribution in [0.1, 0.15) is 47.2 Å². The van der Waals surface area contributed by atoms with Gasteiger partial charge in [-0.05, 0) is 36.6 Å². The van der Waals surface area contributed by atoms with Crippen LogP contribution in [0.2, 0.25) is 10.0 Å². The molecule has 0 radical (unpaired) electrons. The molecule has 1 amide bonds. The van der Waals surface area contributed by atoms with Gasteiger partial charge in [0.1, 0.15) is 5.69 Å². The highest BCUT2D eigenvalue weighted by molar-refractivity contribution is 6.36. The minimum atomic E-state index is -0.499. The molecular weight excluding hydrogens is 425 g/mol. The minimum absolute atomic E-state index is 0.161. The Kier molecular flexibility index (Phi) is 4.64. The molecule has 5 rings (SSSR count). The summed E-state index contributed by atoms with van der Waals surface area (Å²) < 4.78 is 10.9. The first-order valence-electron chi connectivity index (χ1n) is 9.70. The van der Waals surface area contributed by atoms with Gasteiger partial charge in [0.05, 0.1) is 11.7 Å². The van der Waals surface area contributed by atoms with E-state index in [-0.39, 0.29) is 12.7 Å². The molecule has 0 spiro atoms. The van der Waals surface area contributed by atoms with Crippen molar-refractivity contribution >= 4 is 34.8 Å². The molecule has 2 aromatic carbocycles. The van der Waals surface area contributed by atoms with Crippen LogP contribution in [-0.4, -0.2) is 22.9 Å². The molecule has 6 nitrogen and oxygen atoms in total. The Labute approximate surface area is 183 Å². The van der Waals surface area contributed by atoms with Gasteiger partial charge in [0.25, 0.3) is 5.91 Å². The molecular formula is C22H19Cl2N3O3. The predicted molar refractivity (Wildman–Crippen MR) is 115 cm³/mol. The fourth-order valence-corrected chi connectivity index (χ4v) is 4.71. The molecule has 154 valence electrons. The zero-order chi connectivity index (χ0) is 21.0. The summed E-state index contributed by atoms with van der Waals surface area (Å²) >= 11 is 13.2. The summed E-state index contributed by atoms with van der Waals surface area (Å²) in [6, 6.07) is 10.3. The summed E-state index contributed by atoms with van der Waals surface area (Å²) in [7, 11) is 0. The highest BCUT2D eigenvalue weighted by Crippen LogP contribution is 2.48. The largest absolute Gasteiger partial charge is 0.454 e. The van der Waals surface area contributed by atoms with Crippen LogP contribution in [0, 0.1) is 5.92 Å². The number of aromatic amines is 1. The van der Waals surface area contributed by atoms with Gasteiger partial charge >= 0.3 is 0 Å². The molecule has 1 unspecified atom stereocenters. The van der Waals surface area contributed by atoms with Gasteiger partial charge in [-0.2, -0.15) is 5.10 Å². The van der Waals surface area contributed by atoms with E-state index in [9.17, 15) is 4.79 Å². The van der Waals surface area contributed by atoms with Crippen LogP contribution in [0.15, 0.2) is 36.4 Å². The van der Waals surface area contributed by atoms with Crippen LogP contribution >= 0.6 is 23.2 Å². The van der Waals surface area contributed by atoms with Crippen molar-refractivity contribution in [1.82, 2.24) is 10.2 Å². The van der Waals surface area contributed by atoms with Gasteiger partial charge in [-0.1, -0.05) is 43.1 Å². The first-order valence-corrected chi connectivity index (χ1v) is 10.5. The number of ether oxygens (including phenoxy) is 2. The smallest absolute Gasteiger partial charge is 0.277 e. The SMILES string of the molecule is CC(C)Cc1n[nH]c2c1C(c1c(Cl)cccc1Cl)N(c1ccc3c(c1)OCO3)C2=O.